The number of halogens is 6. The number of amides is 12. The summed E-state index contributed by atoms with van der Waals surface area (Å²) in [5, 5.41) is 15.5. The summed E-state index contributed by atoms with van der Waals surface area (Å²) < 4.78 is 97.7. The van der Waals surface area contributed by atoms with Gasteiger partial charge in [0.1, 0.15) is 121 Å². The van der Waals surface area contributed by atoms with Gasteiger partial charge in [0, 0.05) is 64.0 Å². The molecule has 8 aliphatic heterocycles. The summed E-state index contributed by atoms with van der Waals surface area (Å²) in [5.41, 5.74) is 3.19. The van der Waals surface area contributed by atoms with E-state index in [2.05, 4.69) is 31.9 Å². The fourth-order valence-electron chi connectivity index (χ4n) is 16.1. The summed E-state index contributed by atoms with van der Waals surface area (Å²) >= 11 is 0. The highest BCUT2D eigenvalue weighted by Crippen LogP contribution is 2.31. The van der Waals surface area contributed by atoms with Gasteiger partial charge in [0.25, 0.3) is 0 Å². The maximum absolute atomic E-state index is 14.8. The zero-order valence-electron chi connectivity index (χ0n) is 63.6. The van der Waals surface area contributed by atoms with E-state index in [4.69, 9.17) is 9.47 Å². The van der Waals surface area contributed by atoms with Crippen LogP contribution in [-0.4, -0.2) is 250 Å². The molecule has 0 bridgehead atoms. The SMILES string of the molecule is Cc1ccc(CC(=O)N[C@@H](Cc2cc(F)cc(F)c2)C(=O)N[C@H]2COC(=O)[C@@H]3C[C@@H](F)CN3C(=O)[C@H](C)NC(=O)[C@@H]3CCCCN3C(=O)[C@@H]3CCCN3C2=O)cc1.Cc1ccc(CC(=O)N[C@@H](Cc2cc(F)cc(F)c2)C(=O)N[C@H]2COC(=O)[C@@H]3C[C@H](F)CN3C(=O)[C@H](C)NC(=O)[C@@H]3CCCCN3C(=O)[C@@H]3CCCN3C2=O)cc1. The normalized spacial score (nSPS) is 26.5. The van der Waals surface area contributed by atoms with Gasteiger partial charge in [-0.05, 0) is 138 Å². The lowest BCUT2D eigenvalue weighted by molar-refractivity contribution is -0.158. The third kappa shape index (κ3) is 20.7. The number of hydrogen-bond acceptors (Lipinski definition) is 16. The second kappa shape index (κ2) is 37.3. The number of nitrogens with zero attached hydrogens (tertiary/aromatic N) is 6. The molecule has 612 valence electrons. The van der Waals surface area contributed by atoms with Crippen molar-refractivity contribution in [3.63, 3.8) is 0 Å². The molecule has 8 aliphatic rings. The van der Waals surface area contributed by atoms with E-state index in [1.165, 1.54) is 33.4 Å². The lowest BCUT2D eigenvalue weighted by atomic mass is 9.99. The molecule has 0 unspecified atom stereocenters. The van der Waals surface area contributed by atoms with Gasteiger partial charge in [-0.25, -0.2) is 35.9 Å². The van der Waals surface area contributed by atoms with Gasteiger partial charge < -0.3 is 70.8 Å². The van der Waals surface area contributed by atoms with Gasteiger partial charge in [-0.2, -0.15) is 0 Å². The number of nitrogens with one attached hydrogen (secondary N) is 6. The third-order valence-electron chi connectivity index (χ3n) is 21.9. The van der Waals surface area contributed by atoms with Crippen LogP contribution >= 0.6 is 0 Å². The number of benzene rings is 4. The van der Waals surface area contributed by atoms with Crippen molar-refractivity contribution in [1.82, 2.24) is 61.3 Å². The monoisotopic (exact) mass is 1590 g/mol. The van der Waals surface area contributed by atoms with Crippen LogP contribution in [0.2, 0.25) is 0 Å². The first kappa shape index (κ1) is 84.0. The van der Waals surface area contributed by atoms with Crippen LogP contribution < -0.4 is 31.9 Å². The Morgan fingerprint density at radius 2 is 0.754 bits per heavy atom. The first-order valence-corrected chi connectivity index (χ1v) is 38.6. The van der Waals surface area contributed by atoms with Crippen LogP contribution in [0.3, 0.4) is 0 Å². The van der Waals surface area contributed by atoms with Crippen molar-refractivity contribution in [3.05, 3.63) is 142 Å². The van der Waals surface area contributed by atoms with Crippen molar-refractivity contribution in [3.8, 4) is 0 Å². The Bertz CT molecular complexity index is 4030. The van der Waals surface area contributed by atoms with Crippen molar-refractivity contribution in [1.29, 1.82) is 0 Å². The smallest absolute Gasteiger partial charge is 0.329 e. The molecule has 8 saturated heterocycles. The molecular weight excluding hydrogens is 1500 g/mol. The van der Waals surface area contributed by atoms with Crippen LogP contribution in [-0.2, 0) is 102 Å². The lowest BCUT2D eigenvalue weighted by Gasteiger charge is -2.39. The van der Waals surface area contributed by atoms with Crippen LogP contribution in [0.4, 0.5) is 26.3 Å². The zero-order chi connectivity index (χ0) is 81.9. The average Bonchev–Trinajstić information content (AvgIpc) is 1.68. The van der Waals surface area contributed by atoms with E-state index < -0.39 is 243 Å². The maximum atomic E-state index is 14.8. The van der Waals surface area contributed by atoms with E-state index in [1.54, 1.807) is 48.5 Å². The summed E-state index contributed by atoms with van der Waals surface area (Å²) in [7, 11) is 0. The van der Waals surface area contributed by atoms with E-state index in [0.717, 1.165) is 45.2 Å². The van der Waals surface area contributed by atoms with Crippen LogP contribution in [0.15, 0.2) is 84.9 Å². The van der Waals surface area contributed by atoms with E-state index in [9.17, 15) is 93.5 Å². The van der Waals surface area contributed by atoms with E-state index >= 15 is 0 Å². The Hall–Kier alpha value is -11.0. The van der Waals surface area contributed by atoms with Crippen LogP contribution in [0, 0.1) is 37.1 Å². The predicted octanol–water partition coefficient (Wildman–Crippen LogP) is 2.80. The van der Waals surface area contributed by atoms with Crippen LogP contribution in [0.1, 0.15) is 124 Å². The number of fused-ring (bicyclic) bond motifs is 6. The Kier molecular flexibility index (Phi) is 27.5. The molecule has 114 heavy (non-hydrogen) atoms. The number of cyclic esters (lactones) is 2. The Labute approximate surface area is 653 Å². The van der Waals surface area contributed by atoms with E-state index in [-0.39, 0.29) is 63.0 Å². The number of alkyl halides is 2. The highest BCUT2D eigenvalue weighted by molar-refractivity contribution is 6.00. The molecule has 34 heteroatoms. The number of aryl methyl sites for hydroxylation is 2. The molecule has 6 N–H and O–H groups in total. The second-order valence-electron chi connectivity index (χ2n) is 30.5. The lowest BCUT2D eigenvalue weighted by Crippen LogP contribution is -2.62. The van der Waals surface area contributed by atoms with Crippen molar-refractivity contribution in [2.45, 2.75) is 215 Å². The third-order valence-corrected chi connectivity index (χ3v) is 21.9. The van der Waals surface area contributed by atoms with Gasteiger partial charge in [0.15, 0.2) is 0 Å². The van der Waals surface area contributed by atoms with E-state index in [0.29, 0.717) is 74.6 Å². The average molecular weight is 1590 g/mol. The Morgan fingerprint density at radius 1 is 0.421 bits per heavy atom. The topological polar surface area (TPSA) is 349 Å². The van der Waals surface area contributed by atoms with Gasteiger partial charge in [-0.15, -0.1) is 0 Å². The van der Waals surface area contributed by atoms with Gasteiger partial charge in [-0.1, -0.05) is 59.7 Å². The molecule has 8 heterocycles. The van der Waals surface area contributed by atoms with Crippen molar-refractivity contribution in [2.24, 2.45) is 0 Å². The number of piperidine rings is 2. The van der Waals surface area contributed by atoms with Crippen LogP contribution in [0.25, 0.3) is 0 Å². The molecule has 12 amide bonds. The largest absolute Gasteiger partial charge is 0.461 e. The zero-order valence-corrected chi connectivity index (χ0v) is 63.6. The number of esters is 2. The first-order valence-electron chi connectivity index (χ1n) is 38.6. The van der Waals surface area contributed by atoms with Crippen molar-refractivity contribution in [2.75, 3.05) is 52.5 Å². The van der Waals surface area contributed by atoms with Gasteiger partial charge in [-0.3, -0.25) is 57.5 Å². The summed E-state index contributed by atoms with van der Waals surface area (Å²) in [5.74, 6) is -14.3. The number of hydrogen-bond donors (Lipinski definition) is 6. The van der Waals surface area contributed by atoms with Gasteiger partial charge in [0.05, 0.1) is 25.9 Å². The minimum Gasteiger partial charge on any atom is -0.461 e. The molecule has 28 nitrogen and oxygen atoms in total. The summed E-state index contributed by atoms with van der Waals surface area (Å²) in [4.78, 5) is 201. The molecule has 0 aromatic heterocycles. The first-order chi connectivity index (χ1) is 54.4. The standard InChI is InChI=1S/2C40H47F3N6O8/c2*1-22-8-10-24(11-9-22)17-34(50)45-29(16-25-14-26(41)18-27(42)15-25)35(51)46-30-21-57-40(56)33-19-28(43)20-49(33)37(53)23(2)44-36(52)31-6-3-4-12-47(31)39(55)32-7-5-13-48(32)38(30)54/h2*8-11,14-15,18,23,28-33H,3-7,12-13,16-17,19-21H2,1-2H3,(H,44,52)(H,45,50)(H,46,51)/t23-,28+,29-,30-,31-,32-,33-;23-,28-,29-,30-,31-,32-,33-/m00/s1. The second-order valence-corrected chi connectivity index (χ2v) is 30.5. The molecule has 14 atom stereocenters. The summed E-state index contributed by atoms with van der Waals surface area (Å²) in [6.07, 6.45) is -0.800. The molecule has 0 aliphatic carbocycles. The Balaban J connectivity index is 0.000000225. The van der Waals surface area contributed by atoms with Crippen molar-refractivity contribution < 1.29 is 103 Å². The molecule has 0 spiro atoms. The highest BCUT2D eigenvalue weighted by atomic mass is 19.2. The minimum absolute atomic E-state index is 0.0188. The number of carbonyl (C=O) groups excluding carboxylic acids is 14. The van der Waals surface area contributed by atoms with E-state index in [1.807, 2.05) is 13.8 Å². The molecule has 0 saturated carbocycles. The summed E-state index contributed by atoms with van der Waals surface area (Å²) in [6.45, 7) is 4.68. The molecule has 4 aromatic rings. The highest BCUT2D eigenvalue weighted by Gasteiger charge is 2.50. The molecular formula is C80H94F6N12O16. The maximum Gasteiger partial charge on any atom is 0.329 e. The minimum atomic E-state index is -1.66. The predicted molar refractivity (Wildman–Crippen MR) is 393 cm³/mol. The van der Waals surface area contributed by atoms with Crippen LogP contribution in [0.5, 0.6) is 0 Å². The fourth-order valence-corrected chi connectivity index (χ4v) is 16.1. The molecule has 8 fully saturated rings. The van der Waals surface area contributed by atoms with Crippen molar-refractivity contribution >= 4 is 82.8 Å². The Morgan fingerprint density at radius 3 is 1.11 bits per heavy atom. The molecule has 0 radical (unpaired) electrons. The number of ether oxygens (including phenoxy) is 2. The van der Waals surface area contributed by atoms with Gasteiger partial charge in [0.2, 0.25) is 70.9 Å². The molecule has 12 rings (SSSR count). The number of rotatable bonds is 14. The van der Waals surface area contributed by atoms with Gasteiger partial charge >= 0.3 is 11.9 Å². The summed E-state index contributed by atoms with van der Waals surface area (Å²) in [6, 6.07) is 3.99. The fraction of sp³-hybridized carbons (Fsp3) is 0.525. The quantitative estimate of drug-likeness (QED) is 0.0781. The number of carbonyl (C=O) groups is 14. The molecule has 4 aromatic carbocycles.